The van der Waals surface area contributed by atoms with Crippen LogP contribution in [0.1, 0.15) is 37.3 Å². The number of carbonyl (C=O) groups excluding carboxylic acids is 1. The van der Waals surface area contributed by atoms with Crippen molar-refractivity contribution in [3.8, 4) is 11.5 Å². The van der Waals surface area contributed by atoms with E-state index in [1.807, 2.05) is 18.2 Å². The minimum absolute atomic E-state index is 0.00895. The molecule has 1 amide bonds. The van der Waals surface area contributed by atoms with E-state index in [9.17, 15) is 13.2 Å². The summed E-state index contributed by atoms with van der Waals surface area (Å²) in [6, 6.07) is 12.0. The third-order valence-electron chi connectivity index (χ3n) is 6.59. The monoisotopic (exact) mass is 490 g/mol. The summed E-state index contributed by atoms with van der Waals surface area (Å²) in [6.45, 7) is 1.71. The van der Waals surface area contributed by atoms with Crippen molar-refractivity contribution in [1.29, 1.82) is 0 Å². The minimum atomic E-state index is -3.59. The number of sulfonamides is 1. The number of carbonyl (C=O) groups is 1. The third kappa shape index (κ3) is 4.83. The number of benzene rings is 2. The zero-order valence-electron chi connectivity index (χ0n) is 18.2. The minimum Gasteiger partial charge on any atom is -0.486 e. The first-order valence-electron chi connectivity index (χ1n) is 11.4. The molecular weight excluding hydrogens is 464 g/mol. The zero-order valence-corrected chi connectivity index (χ0v) is 19.8. The Balaban J connectivity index is 1.23. The Morgan fingerprint density at radius 2 is 1.64 bits per heavy atom. The number of piperidine rings is 1. The van der Waals surface area contributed by atoms with Gasteiger partial charge in [-0.05, 0) is 73.6 Å². The molecule has 1 unspecified atom stereocenters. The van der Waals surface area contributed by atoms with Crippen LogP contribution in [0.15, 0.2) is 47.4 Å². The van der Waals surface area contributed by atoms with Crippen LogP contribution in [-0.2, 0) is 14.8 Å². The Morgan fingerprint density at radius 3 is 2.30 bits per heavy atom. The maximum absolute atomic E-state index is 13.1. The molecule has 176 valence electrons. The van der Waals surface area contributed by atoms with E-state index in [4.69, 9.17) is 21.1 Å². The molecule has 0 spiro atoms. The SMILES string of the molecule is O=C(NC(c1ccc2c(c1)OCCO2)C1CC1)C1CCN(S(=O)(=O)c2ccc(Cl)cc2)CC1. The second-order valence-corrected chi connectivity index (χ2v) is 11.2. The smallest absolute Gasteiger partial charge is 0.243 e. The first-order valence-corrected chi connectivity index (χ1v) is 13.2. The molecule has 33 heavy (non-hydrogen) atoms. The molecule has 1 aliphatic carbocycles. The highest BCUT2D eigenvalue weighted by molar-refractivity contribution is 7.89. The first kappa shape index (κ1) is 22.5. The Kier molecular flexibility index (Phi) is 6.24. The van der Waals surface area contributed by atoms with Gasteiger partial charge in [0.2, 0.25) is 15.9 Å². The van der Waals surface area contributed by atoms with Gasteiger partial charge in [-0.15, -0.1) is 0 Å². The Morgan fingerprint density at radius 1 is 0.970 bits per heavy atom. The summed E-state index contributed by atoms with van der Waals surface area (Å²) in [7, 11) is -3.59. The number of nitrogens with zero attached hydrogens (tertiary/aromatic N) is 1. The van der Waals surface area contributed by atoms with Crippen LogP contribution in [0, 0.1) is 11.8 Å². The van der Waals surface area contributed by atoms with Crippen molar-refractivity contribution in [2.24, 2.45) is 11.8 Å². The molecule has 1 N–H and O–H groups in total. The Hall–Kier alpha value is -2.29. The van der Waals surface area contributed by atoms with Crippen molar-refractivity contribution >= 4 is 27.5 Å². The summed E-state index contributed by atoms with van der Waals surface area (Å²) < 4.78 is 38.6. The van der Waals surface area contributed by atoms with Gasteiger partial charge in [-0.3, -0.25) is 4.79 Å². The van der Waals surface area contributed by atoms with Gasteiger partial charge in [0, 0.05) is 24.0 Å². The highest BCUT2D eigenvalue weighted by atomic mass is 35.5. The summed E-state index contributed by atoms with van der Waals surface area (Å²) in [5, 5.41) is 3.74. The lowest BCUT2D eigenvalue weighted by Gasteiger charge is -2.32. The van der Waals surface area contributed by atoms with Crippen LogP contribution in [0.3, 0.4) is 0 Å². The maximum Gasteiger partial charge on any atom is 0.243 e. The molecule has 0 radical (unpaired) electrons. The highest BCUT2D eigenvalue weighted by Crippen LogP contribution is 2.43. The van der Waals surface area contributed by atoms with Crippen molar-refractivity contribution in [2.75, 3.05) is 26.3 Å². The van der Waals surface area contributed by atoms with Crippen molar-refractivity contribution in [3.05, 3.63) is 53.1 Å². The van der Waals surface area contributed by atoms with Gasteiger partial charge in [0.05, 0.1) is 10.9 Å². The van der Waals surface area contributed by atoms with Gasteiger partial charge in [-0.25, -0.2) is 8.42 Å². The summed E-state index contributed by atoms with van der Waals surface area (Å²) in [4.78, 5) is 13.3. The zero-order chi connectivity index (χ0) is 23.0. The quantitative estimate of drug-likeness (QED) is 0.666. The number of amides is 1. The molecule has 3 aliphatic rings. The van der Waals surface area contributed by atoms with E-state index < -0.39 is 10.0 Å². The number of hydrogen-bond acceptors (Lipinski definition) is 5. The molecule has 1 saturated carbocycles. The second kappa shape index (κ2) is 9.16. The van der Waals surface area contributed by atoms with Crippen LogP contribution >= 0.6 is 11.6 Å². The second-order valence-electron chi connectivity index (χ2n) is 8.86. The van der Waals surface area contributed by atoms with E-state index in [1.54, 1.807) is 12.1 Å². The number of ether oxygens (including phenoxy) is 2. The van der Waals surface area contributed by atoms with Crippen LogP contribution < -0.4 is 14.8 Å². The molecule has 1 saturated heterocycles. The van der Waals surface area contributed by atoms with E-state index in [0.29, 0.717) is 50.1 Å². The fourth-order valence-electron chi connectivity index (χ4n) is 4.54. The Labute approximate surface area is 199 Å². The van der Waals surface area contributed by atoms with Gasteiger partial charge in [0.15, 0.2) is 11.5 Å². The molecular formula is C24H27ClN2O5S. The fraction of sp³-hybridized carbons (Fsp3) is 0.458. The Bertz CT molecular complexity index is 1130. The molecule has 0 aromatic heterocycles. The van der Waals surface area contributed by atoms with Crippen LogP contribution in [0.25, 0.3) is 0 Å². The van der Waals surface area contributed by atoms with Gasteiger partial charge in [-0.1, -0.05) is 17.7 Å². The lowest BCUT2D eigenvalue weighted by molar-refractivity contribution is -0.127. The topological polar surface area (TPSA) is 84.9 Å². The van der Waals surface area contributed by atoms with E-state index in [1.165, 1.54) is 16.4 Å². The van der Waals surface area contributed by atoms with Crippen molar-refractivity contribution in [3.63, 3.8) is 0 Å². The average Bonchev–Trinajstić information content (AvgIpc) is 3.68. The molecule has 0 bridgehead atoms. The molecule has 2 heterocycles. The van der Waals surface area contributed by atoms with Gasteiger partial charge >= 0.3 is 0 Å². The van der Waals surface area contributed by atoms with Gasteiger partial charge in [0.1, 0.15) is 13.2 Å². The van der Waals surface area contributed by atoms with E-state index in [-0.39, 0.29) is 22.8 Å². The summed E-state index contributed by atoms with van der Waals surface area (Å²) in [5.41, 5.74) is 1.03. The van der Waals surface area contributed by atoms with Crippen LogP contribution in [0.4, 0.5) is 0 Å². The van der Waals surface area contributed by atoms with Crippen LogP contribution in [0.5, 0.6) is 11.5 Å². The van der Waals surface area contributed by atoms with E-state index in [2.05, 4.69) is 5.32 Å². The van der Waals surface area contributed by atoms with Gasteiger partial charge < -0.3 is 14.8 Å². The van der Waals surface area contributed by atoms with Crippen LogP contribution in [-0.4, -0.2) is 44.9 Å². The first-order chi connectivity index (χ1) is 15.9. The predicted molar refractivity (Wildman–Crippen MR) is 124 cm³/mol. The van der Waals surface area contributed by atoms with Crippen LogP contribution in [0.2, 0.25) is 5.02 Å². The normalized spacial score (nSPS) is 20.3. The van der Waals surface area contributed by atoms with Crippen molar-refractivity contribution < 1.29 is 22.7 Å². The summed E-state index contributed by atoms with van der Waals surface area (Å²) >= 11 is 5.88. The summed E-state index contributed by atoms with van der Waals surface area (Å²) in [5.74, 6) is 1.66. The number of halogens is 1. The average molecular weight is 491 g/mol. The number of fused-ring (bicyclic) bond motifs is 1. The molecule has 5 rings (SSSR count). The lowest BCUT2D eigenvalue weighted by atomic mass is 9.95. The molecule has 2 fully saturated rings. The molecule has 2 aromatic rings. The highest BCUT2D eigenvalue weighted by Gasteiger charge is 2.37. The fourth-order valence-corrected chi connectivity index (χ4v) is 6.14. The summed E-state index contributed by atoms with van der Waals surface area (Å²) in [6.07, 6.45) is 3.16. The lowest BCUT2D eigenvalue weighted by Crippen LogP contribution is -2.44. The third-order valence-corrected chi connectivity index (χ3v) is 8.76. The largest absolute Gasteiger partial charge is 0.486 e. The molecule has 2 aliphatic heterocycles. The standard InChI is InChI=1S/C24H27ClN2O5S/c25-19-4-6-20(7-5-19)33(29,30)27-11-9-17(10-12-27)24(28)26-23(16-1-2-16)18-3-8-21-22(15-18)32-14-13-31-21/h3-8,15-17,23H,1-2,9-14H2,(H,26,28). The maximum atomic E-state index is 13.1. The van der Waals surface area contributed by atoms with Gasteiger partial charge in [0.25, 0.3) is 0 Å². The molecule has 1 atom stereocenters. The van der Waals surface area contributed by atoms with E-state index >= 15 is 0 Å². The molecule has 2 aromatic carbocycles. The van der Waals surface area contributed by atoms with E-state index in [0.717, 1.165) is 29.9 Å². The number of rotatable bonds is 6. The predicted octanol–water partition coefficient (Wildman–Crippen LogP) is 3.78. The molecule has 9 heteroatoms. The molecule has 7 nitrogen and oxygen atoms in total. The van der Waals surface area contributed by atoms with Gasteiger partial charge in [-0.2, -0.15) is 4.31 Å². The van der Waals surface area contributed by atoms with Crippen molar-refractivity contribution in [2.45, 2.75) is 36.6 Å². The number of hydrogen-bond donors (Lipinski definition) is 1. The van der Waals surface area contributed by atoms with Crippen molar-refractivity contribution in [1.82, 2.24) is 9.62 Å². The number of nitrogens with one attached hydrogen (secondary N) is 1.